The van der Waals surface area contributed by atoms with Gasteiger partial charge in [0.25, 0.3) is 0 Å². The number of thiazole rings is 1. The van der Waals surface area contributed by atoms with Crippen LogP contribution in [0.5, 0.6) is 0 Å². The van der Waals surface area contributed by atoms with E-state index < -0.39 is 0 Å². The van der Waals surface area contributed by atoms with E-state index in [1.165, 1.54) is 6.42 Å². The fourth-order valence-electron chi connectivity index (χ4n) is 3.06. The maximum Gasteiger partial charge on any atom is 0.240 e. The summed E-state index contributed by atoms with van der Waals surface area (Å²) in [5, 5.41) is 3.06. The number of rotatable bonds is 4. The quantitative estimate of drug-likeness (QED) is 0.864. The zero-order valence-corrected chi connectivity index (χ0v) is 14.6. The van der Waals surface area contributed by atoms with Crippen LogP contribution in [0.2, 0.25) is 0 Å². The van der Waals surface area contributed by atoms with Crippen LogP contribution in [0, 0.1) is 0 Å². The topological polar surface area (TPSA) is 36.4 Å². The molecule has 122 valence electrons. The second-order valence-corrected chi connectivity index (χ2v) is 7.05. The molecule has 0 radical (unpaired) electrons. The predicted octanol–water partition coefficient (Wildman–Crippen LogP) is 3.25. The molecule has 3 rings (SSSR count). The van der Waals surface area contributed by atoms with Gasteiger partial charge in [-0.2, -0.15) is 0 Å². The van der Waals surface area contributed by atoms with Gasteiger partial charge in [0.05, 0.1) is 18.3 Å². The second-order valence-electron chi connectivity index (χ2n) is 6.20. The minimum Gasteiger partial charge on any atom is -0.338 e. The Hall–Kier alpha value is -1.72. The van der Waals surface area contributed by atoms with Gasteiger partial charge in [-0.1, -0.05) is 36.8 Å². The van der Waals surface area contributed by atoms with Gasteiger partial charge in [0.2, 0.25) is 5.91 Å². The van der Waals surface area contributed by atoms with Gasteiger partial charge in [-0.15, -0.1) is 11.3 Å². The lowest BCUT2D eigenvalue weighted by molar-refractivity contribution is -0.136. The van der Waals surface area contributed by atoms with Gasteiger partial charge < -0.3 is 4.90 Å². The standard InChI is InChI=1S/C18H23N3OS/c1-20-11-7-6-10-16(20)18(22)21(2)12-15-13-23-17(19-15)14-8-4-3-5-9-14/h3-5,8-9,13,16H,6-7,10-12H2,1-2H3/t16-/m1/s1. The third-order valence-corrected chi connectivity index (χ3v) is 5.34. The predicted molar refractivity (Wildman–Crippen MR) is 94.3 cm³/mol. The SMILES string of the molecule is CN(Cc1csc(-c2ccccc2)n1)C(=O)[C@H]1CCCCN1C. The normalized spacial score (nSPS) is 18.8. The Morgan fingerprint density at radius 2 is 2.13 bits per heavy atom. The summed E-state index contributed by atoms with van der Waals surface area (Å²) < 4.78 is 0. The van der Waals surface area contributed by atoms with Crippen molar-refractivity contribution < 1.29 is 4.79 Å². The van der Waals surface area contributed by atoms with Crippen LogP contribution in [0.15, 0.2) is 35.7 Å². The van der Waals surface area contributed by atoms with Crippen LogP contribution in [-0.2, 0) is 11.3 Å². The van der Waals surface area contributed by atoms with Gasteiger partial charge in [0, 0.05) is 18.0 Å². The molecular weight excluding hydrogens is 306 g/mol. The lowest BCUT2D eigenvalue weighted by Crippen LogP contribution is -2.47. The minimum atomic E-state index is 0.0287. The Balaban J connectivity index is 1.65. The molecule has 0 unspecified atom stereocenters. The summed E-state index contributed by atoms with van der Waals surface area (Å²) in [6.07, 6.45) is 3.30. The molecule has 1 aliphatic heterocycles. The van der Waals surface area contributed by atoms with Crippen LogP contribution in [0.1, 0.15) is 25.0 Å². The highest BCUT2D eigenvalue weighted by atomic mass is 32.1. The first-order chi connectivity index (χ1) is 11.1. The van der Waals surface area contributed by atoms with Crippen LogP contribution >= 0.6 is 11.3 Å². The molecule has 1 fully saturated rings. The summed E-state index contributed by atoms with van der Waals surface area (Å²) in [4.78, 5) is 21.3. The Morgan fingerprint density at radius 1 is 1.35 bits per heavy atom. The molecule has 2 aromatic rings. The van der Waals surface area contributed by atoms with Gasteiger partial charge >= 0.3 is 0 Å². The lowest BCUT2D eigenvalue weighted by atomic mass is 10.0. The highest BCUT2D eigenvalue weighted by Crippen LogP contribution is 2.24. The number of carbonyl (C=O) groups excluding carboxylic acids is 1. The Labute approximate surface area is 141 Å². The van der Waals surface area contributed by atoms with E-state index in [0.29, 0.717) is 6.54 Å². The van der Waals surface area contributed by atoms with Crippen molar-refractivity contribution in [1.82, 2.24) is 14.8 Å². The van der Waals surface area contributed by atoms with Crippen LogP contribution in [0.25, 0.3) is 10.6 Å². The Morgan fingerprint density at radius 3 is 2.87 bits per heavy atom. The Bertz CT molecular complexity index is 655. The maximum atomic E-state index is 12.6. The summed E-state index contributed by atoms with van der Waals surface area (Å²) in [7, 11) is 3.93. The number of amides is 1. The van der Waals surface area contributed by atoms with Gasteiger partial charge in [0.1, 0.15) is 5.01 Å². The molecule has 0 spiro atoms. The highest BCUT2D eigenvalue weighted by Gasteiger charge is 2.28. The van der Waals surface area contributed by atoms with E-state index in [0.717, 1.165) is 35.7 Å². The van der Waals surface area contributed by atoms with E-state index in [-0.39, 0.29) is 11.9 Å². The van der Waals surface area contributed by atoms with Gasteiger partial charge in [-0.3, -0.25) is 9.69 Å². The van der Waals surface area contributed by atoms with E-state index in [2.05, 4.69) is 27.4 Å². The van der Waals surface area contributed by atoms with Crippen molar-refractivity contribution in [2.75, 3.05) is 20.6 Å². The summed E-state index contributed by atoms with van der Waals surface area (Å²) in [6.45, 7) is 1.59. The third-order valence-electron chi connectivity index (χ3n) is 4.40. The average molecular weight is 329 g/mol. The highest BCUT2D eigenvalue weighted by molar-refractivity contribution is 7.13. The van der Waals surface area contributed by atoms with Gasteiger partial charge in [-0.25, -0.2) is 4.98 Å². The smallest absolute Gasteiger partial charge is 0.240 e. The number of likely N-dealkylation sites (N-methyl/N-ethyl adjacent to an activating group) is 2. The average Bonchev–Trinajstić information content (AvgIpc) is 3.04. The van der Waals surface area contributed by atoms with E-state index in [4.69, 9.17) is 0 Å². The van der Waals surface area contributed by atoms with Crippen molar-refractivity contribution in [3.8, 4) is 10.6 Å². The van der Waals surface area contributed by atoms with Crippen LogP contribution in [0.4, 0.5) is 0 Å². The molecule has 1 saturated heterocycles. The lowest BCUT2D eigenvalue weighted by Gasteiger charge is -2.33. The second kappa shape index (κ2) is 7.23. The molecule has 5 heteroatoms. The molecular formula is C18H23N3OS. The van der Waals surface area contributed by atoms with Crippen molar-refractivity contribution in [3.05, 3.63) is 41.4 Å². The van der Waals surface area contributed by atoms with Crippen molar-refractivity contribution in [3.63, 3.8) is 0 Å². The first-order valence-electron chi connectivity index (χ1n) is 8.10. The molecule has 1 aromatic heterocycles. The van der Waals surface area contributed by atoms with Crippen molar-refractivity contribution >= 4 is 17.2 Å². The molecule has 23 heavy (non-hydrogen) atoms. The number of nitrogens with zero attached hydrogens (tertiary/aromatic N) is 3. The van der Waals surface area contributed by atoms with Gasteiger partial charge in [-0.05, 0) is 26.4 Å². The first-order valence-corrected chi connectivity index (χ1v) is 8.98. The van der Waals surface area contributed by atoms with Crippen molar-refractivity contribution in [1.29, 1.82) is 0 Å². The number of aromatic nitrogens is 1. The van der Waals surface area contributed by atoms with Crippen molar-refractivity contribution in [2.45, 2.75) is 31.8 Å². The van der Waals surface area contributed by atoms with E-state index in [1.807, 2.05) is 37.2 Å². The number of hydrogen-bond donors (Lipinski definition) is 0. The summed E-state index contributed by atoms with van der Waals surface area (Å²) in [5.74, 6) is 0.210. The van der Waals surface area contributed by atoms with Crippen LogP contribution < -0.4 is 0 Å². The molecule has 0 bridgehead atoms. The molecule has 1 amide bonds. The van der Waals surface area contributed by atoms with Crippen LogP contribution in [0.3, 0.4) is 0 Å². The minimum absolute atomic E-state index is 0.0287. The zero-order valence-electron chi connectivity index (χ0n) is 13.7. The summed E-state index contributed by atoms with van der Waals surface area (Å²) in [6, 6.07) is 10.2. The molecule has 0 N–H and O–H groups in total. The van der Waals surface area contributed by atoms with E-state index in [1.54, 1.807) is 11.3 Å². The molecule has 1 atom stereocenters. The molecule has 0 aliphatic carbocycles. The number of likely N-dealkylation sites (tertiary alicyclic amines) is 1. The molecule has 1 aliphatic rings. The first kappa shape index (κ1) is 16.1. The monoisotopic (exact) mass is 329 g/mol. The Kier molecular flexibility index (Phi) is 5.08. The molecule has 0 saturated carbocycles. The third kappa shape index (κ3) is 3.79. The van der Waals surface area contributed by atoms with Gasteiger partial charge in [0.15, 0.2) is 0 Å². The van der Waals surface area contributed by atoms with Crippen LogP contribution in [-0.4, -0.2) is 47.4 Å². The fourth-order valence-corrected chi connectivity index (χ4v) is 3.87. The molecule has 4 nitrogen and oxygen atoms in total. The molecule has 1 aromatic carbocycles. The number of piperidine rings is 1. The van der Waals surface area contributed by atoms with Crippen molar-refractivity contribution in [2.24, 2.45) is 0 Å². The number of benzene rings is 1. The number of hydrogen-bond acceptors (Lipinski definition) is 4. The van der Waals surface area contributed by atoms with E-state index >= 15 is 0 Å². The largest absolute Gasteiger partial charge is 0.338 e. The zero-order chi connectivity index (χ0) is 16.2. The number of carbonyl (C=O) groups is 1. The van der Waals surface area contributed by atoms with E-state index in [9.17, 15) is 4.79 Å². The molecule has 2 heterocycles. The summed E-state index contributed by atoms with van der Waals surface area (Å²) >= 11 is 1.63. The fraction of sp³-hybridized carbons (Fsp3) is 0.444. The maximum absolute atomic E-state index is 12.6. The summed E-state index contributed by atoms with van der Waals surface area (Å²) in [5.41, 5.74) is 2.09.